The van der Waals surface area contributed by atoms with E-state index in [1.807, 2.05) is 0 Å². The van der Waals surface area contributed by atoms with E-state index in [-0.39, 0.29) is 0 Å². The second-order valence-electron chi connectivity index (χ2n) is 1.90. The monoisotopic (exact) mass is 132 g/mol. The third-order valence-electron chi connectivity index (χ3n) is 1.30. The maximum Gasteiger partial charge on any atom is 0.219 e. The second kappa shape index (κ2) is 2.82. The van der Waals surface area contributed by atoms with Crippen LogP contribution in [0.2, 0.25) is 0 Å². The molecular weight excluding hydrogens is 118 g/mol. The van der Waals surface area contributed by atoms with Crippen LogP contribution in [0.3, 0.4) is 0 Å². The minimum Gasteiger partial charge on any atom is -0.378 e. The van der Waals surface area contributed by atoms with Crippen LogP contribution >= 0.6 is 0 Å². The molecule has 1 aliphatic rings. The second-order valence-corrected chi connectivity index (χ2v) is 1.90. The van der Waals surface area contributed by atoms with E-state index >= 15 is 0 Å². The zero-order chi connectivity index (χ0) is 9.19. The summed E-state index contributed by atoms with van der Waals surface area (Å²) in [6, 6.07) is 0. The van der Waals surface area contributed by atoms with Gasteiger partial charge in [0.15, 0.2) is 0 Å². The van der Waals surface area contributed by atoms with Gasteiger partial charge in [0.05, 0.1) is 13.2 Å². The molecule has 1 saturated heterocycles. The van der Waals surface area contributed by atoms with Crippen LogP contribution in [0, 0.1) is 0 Å². The molecule has 0 bridgehead atoms. The molecule has 0 atom stereocenters. The van der Waals surface area contributed by atoms with Crippen LogP contribution in [0.25, 0.3) is 0 Å². The molecule has 52 valence electrons. The molecule has 0 N–H and O–H groups in total. The Morgan fingerprint density at radius 3 is 2.89 bits per heavy atom. The van der Waals surface area contributed by atoms with Crippen molar-refractivity contribution in [2.24, 2.45) is 0 Å². The number of hydrogen-bond donors (Lipinski definition) is 0. The van der Waals surface area contributed by atoms with E-state index in [1.54, 1.807) is 0 Å². The molecule has 0 unspecified atom stereocenters. The first kappa shape index (κ1) is 3.56. The number of carbonyl (C=O) groups is 1. The summed E-state index contributed by atoms with van der Waals surface area (Å²) in [6.45, 7) is -0.866. The van der Waals surface area contributed by atoms with E-state index in [9.17, 15) is 4.79 Å². The van der Waals surface area contributed by atoms with Gasteiger partial charge in [-0.3, -0.25) is 4.79 Å². The summed E-state index contributed by atoms with van der Waals surface area (Å²) >= 11 is 0. The van der Waals surface area contributed by atoms with Gasteiger partial charge in [0, 0.05) is 24.1 Å². The van der Waals surface area contributed by atoms with Gasteiger partial charge in [0.2, 0.25) is 5.91 Å². The van der Waals surface area contributed by atoms with Crippen LogP contribution in [0.5, 0.6) is 0 Å². The molecule has 0 spiro atoms. The lowest BCUT2D eigenvalue weighted by atomic mass is 10.4. The first-order valence-corrected chi connectivity index (χ1v) is 2.89. The van der Waals surface area contributed by atoms with E-state index in [2.05, 4.69) is 0 Å². The lowest BCUT2D eigenvalue weighted by Crippen LogP contribution is -2.39. The van der Waals surface area contributed by atoms with Crippen LogP contribution in [0.1, 0.15) is 11.0 Å². The zero-order valence-corrected chi connectivity index (χ0v) is 5.09. The highest BCUT2D eigenvalue weighted by molar-refractivity contribution is 5.73. The van der Waals surface area contributed by atoms with Gasteiger partial charge in [-0.25, -0.2) is 0 Å². The number of hydrogen-bond acceptors (Lipinski definition) is 2. The third-order valence-corrected chi connectivity index (χ3v) is 1.30. The van der Waals surface area contributed by atoms with Gasteiger partial charge >= 0.3 is 0 Å². The molecule has 0 aromatic carbocycles. The molecule has 1 fully saturated rings. The summed E-state index contributed by atoms with van der Waals surface area (Å²) in [5.74, 6) is -0.772. The van der Waals surface area contributed by atoms with Crippen LogP contribution in [-0.4, -0.2) is 37.1 Å². The highest BCUT2D eigenvalue weighted by Gasteiger charge is 2.11. The van der Waals surface area contributed by atoms with Gasteiger partial charge in [-0.15, -0.1) is 0 Å². The quantitative estimate of drug-likeness (QED) is 0.459. The van der Waals surface area contributed by atoms with E-state index in [0.717, 1.165) is 0 Å². The van der Waals surface area contributed by atoms with Crippen molar-refractivity contribution in [2.45, 2.75) is 6.85 Å². The highest BCUT2D eigenvalue weighted by atomic mass is 16.5. The number of nitrogens with zero attached hydrogens (tertiary/aromatic N) is 1. The van der Waals surface area contributed by atoms with Crippen molar-refractivity contribution in [1.82, 2.24) is 4.90 Å². The standard InChI is InChI=1S/C6H11NO2/c1-6(8)7-2-4-9-5-3-7/h2-5H2,1H3/i1D3. The highest BCUT2D eigenvalue weighted by Crippen LogP contribution is 1.95. The zero-order valence-electron chi connectivity index (χ0n) is 8.09. The van der Waals surface area contributed by atoms with Gasteiger partial charge in [-0.1, -0.05) is 0 Å². The summed E-state index contributed by atoms with van der Waals surface area (Å²) in [4.78, 5) is 12.4. The molecule has 1 heterocycles. The fraction of sp³-hybridized carbons (Fsp3) is 0.833. The van der Waals surface area contributed by atoms with E-state index in [1.165, 1.54) is 4.90 Å². The van der Waals surface area contributed by atoms with Crippen molar-refractivity contribution in [3.8, 4) is 0 Å². The fourth-order valence-corrected chi connectivity index (χ4v) is 0.766. The van der Waals surface area contributed by atoms with E-state index < -0.39 is 12.8 Å². The molecule has 0 aromatic heterocycles. The minimum absolute atomic E-state index is 0.386. The Morgan fingerprint density at radius 2 is 2.33 bits per heavy atom. The molecule has 0 saturated carbocycles. The summed E-state index contributed by atoms with van der Waals surface area (Å²) in [5, 5.41) is 0. The van der Waals surface area contributed by atoms with Gasteiger partial charge in [0.25, 0.3) is 0 Å². The number of morpholine rings is 1. The molecule has 3 heteroatoms. The van der Waals surface area contributed by atoms with Crippen LogP contribution in [0.15, 0.2) is 0 Å². The topological polar surface area (TPSA) is 29.5 Å². The van der Waals surface area contributed by atoms with Gasteiger partial charge in [0.1, 0.15) is 0 Å². The Kier molecular flexibility index (Phi) is 1.12. The number of amides is 1. The maximum atomic E-state index is 11.1. The molecule has 1 amide bonds. The van der Waals surface area contributed by atoms with Gasteiger partial charge < -0.3 is 9.64 Å². The summed E-state index contributed by atoms with van der Waals surface area (Å²) < 4.78 is 25.6. The summed E-state index contributed by atoms with van der Waals surface area (Å²) in [7, 11) is 0. The first-order valence-electron chi connectivity index (χ1n) is 4.39. The number of rotatable bonds is 0. The normalized spacial score (nSPS) is 26.2. The van der Waals surface area contributed by atoms with E-state index in [4.69, 9.17) is 8.85 Å². The lowest BCUT2D eigenvalue weighted by Gasteiger charge is -2.25. The molecular formula is C6H11NO2. The third kappa shape index (κ3) is 1.68. The van der Waals surface area contributed by atoms with Crippen molar-refractivity contribution < 1.29 is 13.6 Å². The molecule has 0 radical (unpaired) electrons. The largest absolute Gasteiger partial charge is 0.378 e. The maximum absolute atomic E-state index is 11.1. The first-order chi connectivity index (χ1) is 5.52. The van der Waals surface area contributed by atoms with Crippen LogP contribution in [0.4, 0.5) is 0 Å². The Bertz CT molecular complexity index is 174. The van der Waals surface area contributed by atoms with Crippen molar-refractivity contribution >= 4 is 5.91 Å². The average molecular weight is 132 g/mol. The van der Waals surface area contributed by atoms with Crippen molar-refractivity contribution in [1.29, 1.82) is 0 Å². The molecule has 9 heavy (non-hydrogen) atoms. The average Bonchev–Trinajstić information content (AvgIpc) is 2.03. The molecule has 0 aromatic rings. The van der Waals surface area contributed by atoms with Crippen molar-refractivity contribution in [3.05, 3.63) is 0 Å². The molecule has 0 aliphatic carbocycles. The molecule has 1 rings (SSSR count). The van der Waals surface area contributed by atoms with Crippen LogP contribution in [-0.2, 0) is 9.53 Å². The van der Waals surface area contributed by atoms with Crippen LogP contribution < -0.4 is 0 Å². The van der Waals surface area contributed by atoms with Crippen molar-refractivity contribution in [3.63, 3.8) is 0 Å². The number of ether oxygens (including phenoxy) is 1. The smallest absolute Gasteiger partial charge is 0.219 e. The predicted octanol–water partition coefficient (Wildman–Crippen LogP) is -0.135. The summed E-state index contributed by atoms with van der Waals surface area (Å²) in [5.41, 5.74) is 0. The van der Waals surface area contributed by atoms with Crippen molar-refractivity contribution in [2.75, 3.05) is 26.3 Å². The molecule has 1 aliphatic heterocycles. The lowest BCUT2D eigenvalue weighted by molar-refractivity contribution is -0.132. The fourth-order valence-electron chi connectivity index (χ4n) is 0.766. The van der Waals surface area contributed by atoms with E-state index in [0.29, 0.717) is 26.3 Å². The van der Waals surface area contributed by atoms with Gasteiger partial charge in [-0.2, -0.15) is 0 Å². The predicted molar refractivity (Wildman–Crippen MR) is 33.1 cm³/mol. The number of carbonyl (C=O) groups excluding carboxylic acids is 1. The minimum atomic E-state index is -2.50. The SMILES string of the molecule is [2H]C([2H])([2H])C(=O)N1CCOCC1. The Labute approximate surface area is 58.8 Å². The van der Waals surface area contributed by atoms with Gasteiger partial charge in [-0.05, 0) is 0 Å². The Morgan fingerprint density at radius 1 is 1.67 bits per heavy atom. The molecule has 3 nitrogen and oxygen atoms in total. The summed E-state index contributed by atoms with van der Waals surface area (Å²) in [6.07, 6.45) is 0. The Hall–Kier alpha value is -0.570. The Balaban J connectivity index is 2.51.